The molecule has 0 saturated carbocycles. The first-order valence-electron chi connectivity index (χ1n) is 9.63. The van der Waals surface area contributed by atoms with E-state index in [1.54, 1.807) is 23.6 Å². The summed E-state index contributed by atoms with van der Waals surface area (Å²) >= 11 is 1.14. The average molecular weight is 458 g/mol. The van der Waals surface area contributed by atoms with Crippen LogP contribution in [0.15, 0.2) is 60.3 Å². The molecular formula is C22H21F2N5O2S. The van der Waals surface area contributed by atoms with E-state index in [4.69, 9.17) is 0 Å². The normalized spacial score (nSPS) is 10.6. The lowest BCUT2D eigenvalue weighted by molar-refractivity contribution is -0.116. The van der Waals surface area contributed by atoms with E-state index in [1.165, 1.54) is 36.4 Å². The fraction of sp³-hybridized carbons (Fsp3) is 0.182. The van der Waals surface area contributed by atoms with Gasteiger partial charge in [-0.15, -0.1) is 16.8 Å². The number of anilines is 2. The highest BCUT2D eigenvalue weighted by atomic mass is 32.2. The number of allylic oxidation sites excluding steroid dienone is 1. The number of aryl methyl sites for hydroxylation is 1. The molecule has 0 fully saturated rings. The zero-order valence-electron chi connectivity index (χ0n) is 17.3. The molecular weight excluding hydrogens is 436 g/mol. The molecule has 0 atom stereocenters. The van der Waals surface area contributed by atoms with E-state index >= 15 is 0 Å². The van der Waals surface area contributed by atoms with Crippen LogP contribution >= 0.6 is 11.8 Å². The van der Waals surface area contributed by atoms with Crippen LogP contribution in [-0.4, -0.2) is 32.3 Å². The lowest BCUT2D eigenvalue weighted by Gasteiger charge is -2.10. The number of aromatic nitrogens is 3. The van der Waals surface area contributed by atoms with Gasteiger partial charge in [-0.1, -0.05) is 30.0 Å². The van der Waals surface area contributed by atoms with E-state index in [1.807, 2.05) is 0 Å². The lowest BCUT2D eigenvalue weighted by atomic mass is 10.2. The van der Waals surface area contributed by atoms with E-state index in [0.717, 1.165) is 11.8 Å². The first-order valence-corrected chi connectivity index (χ1v) is 10.6. The predicted molar refractivity (Wildman–Crippen MR) is 119 cm³/mol. The summed E-state index contributed by atoms with van der Waals surface area (Å²) in [5, 5.41) is 13.8. The molecule has 3 aromatic rings. The molecule has 2 amide bonds. The highest BCUT2D eigenvalue weighted by Gasteiger charge is 2.17. The zero-order valence-corrected chi connectivity index (χ0v) is 18.1. The van der Waals surface area contributed by atoms with Gasteiger partial charge in [0.25, 0.3) is 0 Å². The third-order valence-corrected chi connectivity index (χ3v) is 5.33. The van der Waals surface area contributed by atoms with Crippen molar-refractivity contribution in [2.75, 3.05) is 16.4 Å². The van der Waals surface area contributed by atoms with E-state index in [-0.39, 0.29) is 29.6 Å². The molecule has 1 aromatic heterocycles. The van der Waals surface area contributed by atoms with Gasteiger partial charge in [0, 0.05) is 12.2 Å². The third kappa shape index (κ3) is 6.01. The highest BCUT2D eigenvalue weighted by molar-refractivity contribution is 7.99. The Hall–Kier alpha value is -3.53. The number of nitrogens with zero attached hydrogens (tertiary/aromatic N) is 3. The number of halogens is 2. The molecule has 0 radical (unpaired) electrons. The molecule has 7 nitrogen and oxygen atoms in total. The number of carbonyl (C=O) groups is 2. The largest absolute Gasteiger partial charge is 0.325 e. The van der Waals surface area contributed by atoms with Gasteiger partial charge in [0.15, 0.2) is 5.16 Å². The maximum absolute atomic E-state index is 13.7. The number of rotatable bonds is 9. The fourth-order valence-corrected chi connectivity index (χ4v) is 3.62. The Morgan fingerprint density at radius 1 is 1.09 bits per heavy atom. The number of hydrogen-bond acceptors (Lipinski definition) is 5. The molecule has 2 aromatic carbocycles. The van der Waals surface area contributed by atoms with Crippen LogP contribution in [0.3, 0.4) is 0 Å². The van der Waals surface area contributed by atoms with Crippen molar-refractivity contribution in [3.63, 3.8) is 0 Å². The minimum absolute atomic E-state index is 0.0352. The van der Waals surface area contributed by atoms with E-state index in [9.17, 15) is 18.4 Å². The van der Waals surface area contributed by atoms with Gasteiger partial charge < -0.3 is 15.2 Å². The van der Waals surface area contributed by atoms with Crippen molar-refractivity contribution in [3.8, 4) is 0 Å². The Kier molecular flexibility index (Phi) is 7.72. The monoisotopic (exact) mass is 457 g/mol. The summed E-state index contributed by atoms with van der Waals surface area (Å²) in [5.74, 6) is -1.26. The van der Waals surface area contributed by atoms with E-state index < -0.39 is 11.7 Å². The Morgan fingerprint density at radius 3 is 2.56 bits per heavy atom. The quantitative estimate of drug-likeness (QED) is 0.375. The number of para-hydroxylation sites is 1. The summed E-state index contributed by atoms with van der Waals surface area (Å²) < 4.78 is 28.6. The summed E-state index contributed by atoms with van der Waals surface area (Å²) in [6.07, 6.45) is 1.49. The number of carbonyl (C=O) groups excluding carboxylic acids is 2. The van der Waals surface area contributed by atoms with Crippen LogP contribution in [0, 0.1) is 18.6 Å². The standard InChI is InChI=1S/C22H21F2N5O2S/c1-3-10-29-19(12-20(30)26-18-7-5-4-6-16(18)24)27-28-22(29)32-13-21(31)25-17-9-8-15(23)11-14(17)2/h3-9,11H,1,10,12-13H2,2H3,(H,25,31)(H,26,30). The molecule has 0 aliphatic rings. The molecule has 1 heterocycles. The van der Waals surface area contributed by atoms with Crippen molar-refractivity contribution in [2.45, 2.75) is 25.0 Å². The second kappa shape index (κ2) is 10.7. The SMILES string of the molecule is C=CCn1c(CC(=O)Nc2ccccc2F)nnc1SCC(=O)Nc1ccc(F)cc1C. The smallest absolute Gasteiger partial charge is 0.234 e. The molecule has 10 heteroatoms. The summed E-state index contributed by atoms with van der Waals surface area (Å²) in [7, 11) is 0. The second-order valence-corrected chi connectivity index (χ2v) is 7.74. The van der Waals surface area contributed by atoms with Gasteiger partial charge in [0.05, 0.1) is 17.9 Å². The van der Waals surface area contributed by atoms with Crippen molar-refractivity contribution < 1.29 is 18.4 Å². The van der Waals surface area contributed by atoms with E-state index in [2.05, 4.69) is 27.4 Å². The maximum Gasteiger partial charge on any atom is 0.234 e. The second-order valence-electron chi connectivity index (χ2n) is 6.80. The number of hydrogen-bond donors (Lipinski definition) is 2. The van der Waals surface area contributed by atoms with Crippen molar-refractivity contribution in [1.82, 2.24) is 14.8 Å². The van der Waals surface area contributed by atoms with Crippen LogP contribution < -0.4 is 10.6 Å². The molecule has 2 N–H and O–H groups in total. The first kappa shape index (κ1) is 23.1. The molecule has 0 aliphatic carbocycles. The van der Waals surface area contributed by atoms with Gasteiger partial charge in [0.1, 0.15) is 17.5 Å². The van der Waals surface area contributed by atoms with Crippen molar-refractivity contribution in [2.24, 2.45) is 0 Å². The molecule has 3 rings (SSSR count). The highest BCUT2D eigenvalue weighted by Crippen LogP contribution is 2.20. The minimum atomic E-state index is -0.535. The van der Waals surface area contributed by atoms with Gasteiger partial charge in [-0.05, 0) is 42.8 Å². The van der Waals surface area contributed by atoms with Gasteiger partial charge in [-0.25, -0.2) is 8.78 Å². The van der Waals surface area contributed by atoms with Crippen molar-refractivity contribution in [1.29, 1.82) is 0 Å². The zero-order chi connectivity index (χ0) is 23.1. The van der Waals surface area contributed by atoms with Crippen LogP contribution in [0.25, 0.3) is 0 Å². The molecule has 0 bridgehead atoms. The van der Waals surface area contributed by atoms with Gasteiger partial charge in [-0.2, -0.15) is 0 Å². The maximum atomic E-state index is 13.7. The van der Waals surface area contributed by atoms with E-state index in [0.29, 0.717) is 28.8 Å². The van der Waals surface area contributed by atoms with Gasteiger partial charge in [0.2, 0.25) is 11.8 Å². The summed E-state index contributed by atoms with van der Waals surface area (Å²) in [6, 6.07) is 9.97. The van der Waals surface area contributed by atoms with Crippen molar-refractivity contribution >= 4 is 35.0 Å². The van der Waals surface area contributed by atoms with Crippen LogP contribution in [0.2, 0.25) is 0 Å². The van der Waals surface area contributed by atoms with Crippen LogP contribution in [-0.2, 0) is 22.6 Å². The molecule has 0 aliphatic heterocycles. The van der Waals surface area contributed by atoms with Crippen LogP contribution in [0.1, 0.15) is 11.4 Å². The molecule has 0 spiro atoms. The fourth-order valence-electron chi connectivity index (χ4n) is 2.85. The van der Waals surface area contributed by atoms with Crippen molar-refractivity contribution in [3.05, 3.63) is 78.1 Å². The summed E-state index contributed by atoms with van der Waals surface area (Å²) in [6.45, 7) is 5.73. The first-order chi connectivity index (χ1) is 15.4. The third-order valence-electron chi connectivity index (χ3n) is 4.37. The Morgan fingerprint density at radius 2 is 1.84 bits per heavy atom. The Balaban J connectivity index is 1.63. The topological polar surface area (TPSA) is 88.9 Å². The minimum Gasteiger partial charge on any atom is -0.325 e. The lowest BCUT2D eigenvalue weighted by Crippen LogP contribution is -2.19. The molecule has 0 saturated heterocycles. The predicted octanol–water partition coefficient (Wildman–Crippen LogP) is 3.96. The number of thioether (sulfide) groups is 1. The Labute approximate surface area is 187 Å². The van der Waals surface area contributed by atoms with Gasteiger partial charge >= 0.3 is 0 Å². The average Bonchev–Trinajstić information content (AvgIpc) is 3.12. The Bertz CT molecular complexity index is 1150. The number of amides is 2. The van der Waals surface area contributed by atoms with Gasteiger partial charge in [-0.3, -0.25) is 9.59 Å². The molecule has 32 heavy (non-hydrogen) atoms. The number of nitrogens with one attached hydrogen (secondary N) is 2. The molecule has 166 valence electrons. The number of benzene rings is 2. The summed E-state index contributed by atoms with van der Waals surface area (Å²) in [5.41, 5.74) is 1.21. The van der Waals surface area contributed by atoms with Crippen LogP contribution in [0.4, 0.5) is 20.2 Å². The van der Waals surface area contributed by atoms with Crippen LogP contribution in [0.5, 0.6) is 0 Å². The molecule has 0 unspecified atom stereocenters. The summed E-state index contributed by atoms with van der Waals surface area (Å²) in [4.78, 5) is 24.7.